The summed E-state index contributed by atoms with van der Waals surface area (Å²) in [4.78, 5) is 13.0. The Bertz CT molecular complexity index is 538. The minimum Gasteiger partial charge on any atom is -0.444 e. The average molecular weight is 261 g/mol. The van der Waals surface area contributed by atoms with E-state index in [2.05, 4.69) is 25.6 Å². The van der Waals surface area contributed by atoms with Crippen LogP contribution >= 0.6 is 0 Å². The molecule has 2 heterocycles. The molecule has 2 aromatic heterocycles. The van der Waals surface area contributed by atoms with Gasteiger partial charge in [0.2, 0.25) is 5.89 Å². The Kier molecular flexibility index (Phi) is 4.33. The highest BCUT2D eigenvalue weighted by Gasteiger charge is 2.05. The van der Waals surface area contributed by atoms with E-state index in [4.69, 9.17) is 4.42 Å². The van der Waals surface area contributed by atoms with Gasteiger partial charge in [0.15, 0.2) is 0 Å². The van der Waals surface area contributed by atoms with Crippen LogP contribution in [0, 0.1) is 6.92 Å². The maximum Gasteiger partial charge on any atom is 0.213 e. The fraction of sp³-hybridized carbons (Fsp3) is 0.462. The molecule has 102 valence electrons. The fourth-order valence-corrected chi connectivity index (χ4v) is 1.67. The highest BCUT2D eigenvalue weighted by molar-refractivity contribution is 5.47. The molecule has 0 spiro atoms. The summed E-state index contributed by atoms with van der Waals surface area (Å²) in [6.07, 6.45) is 2.50. The topological polar surface area (TPSA) is 75.9 Å². The van der Waals surface area contributed by atoms with Crippen molar-refractivity contribution in [2.24, 2.45) is 0 Å². The molecule has 2 rings (SSSR count). The van der Waals surface area contributed by atoms with E-state index in [1.807, 2.05) is 26.8 Å². The number of hydrogen-bond donors (Lipinski definition) is 2. The number of oxazole rings is 1. The molecular formula is C13H19N5O. The van der Waals surface area contributed by atoms with Gasteiger partial charge in [-0.25, -0.2) is 15.0 Å². The van der Waals surface area contributed by atoms with Gasteiger partial charge < -0.3 is 15.1 Å². The molecule has 0 aliphatic heterocycles. The lowest BCUT2D eigenvalue weighted by molar-refractivity contribution is 0.478. The Morgan fingerprint density at radius 1 is 1.16 bits per heavy atom. The van der Waals surface area contributed by atoms with Crippen molar-refractivity contribution in [2.45, 2.75) is 33.7 Å². The largest absolute Gasteiger partial charge is 0.444 e. The van der Waals surface area contributed by atoms with E-state index in [-0.39, 0.29) is 0 Å². The first-order valence-corrected chi connectivity index (χ1v) is 6.48. The van der Waals surface area contributed by atoms with Gasteiger partial charge in [0.05, 0.1) is 12.7 Å². The first-order chi connectivity index (χ1) is 9.21. The molecule has 0 aromatic carbocycles. The van der Waals surface area contributed by atoms with Crippen molar-refractivity contribution in [1.82, 2.24) is 15.0 Å². The number of anilines is 2. The number of nitrogens with zero attached hydrogens (tertiary/aromatic N) is 3. The third-order valence-corrected chi connectivity index (χ3v) is 2.54. The number of aromatic nitrogens is 3. The Morgan fingerprint density at radius 3 is 2.47 bits per heavy atom. The van der Waals surface area contributed by atoms with Crippen LogP contribution in [0.25, 0.3) is 0 Å². The van der Waals surface area contributed by atoms with Crippen molar-refractivity contribution in [3.8, 4) is 0 Å². The predicted molar refractivity (Wildman–Crippen MR) is 74.1 cm³/mol. The van der Waals surface area contributed by atoms with Crippen molar-refractivity contribution >= 4 is 11.6 Å². The second-order valence-electron chi connectivity index (χ2n) is 4.16. The first-order valence-electron chi connectivity index (χ1n) is 6.48. The molecular weight excluding hydrogens is 242 g/mol. The molecule has 2 aromatic rings. The molecule has 6 heteroatoms. The van der Waals surface area contributed by atoms with Gasteiger partial charge in [-0.05, 0) is 13.8 Å². The lowest BCUT2D eigenvalue weighted by atomic mass is 10.4. The number of rotatable bonds is 6. The van der Waals surface area contributed by atoms with Crippen molar-refractivity contribution in [3.63, 3.8) is 0 Å². The molecule has 0 aliphatic carbocycles. The zero-order chi connectivity index (χ0) is 13.7. The van der Waals surface area contributed by atoms with Gasteiger partial charge in [-0.2, -0.15) is 0 Å². The molecule has 0 radical (unpaired) electrons. The van der Waals surface area contributed by atoms with Crippen molar-refractivity contribution in [2.75, 3.05) is 17.2 Å². The van der Waals surface area contributed by atoms with Gasteiger partial charge in [-0.15, -0.1) is 0 Å². The molecule has 0 saturated heterocycles. The van der Waals surface area contributed by atoms with E-state index in [0.29, 0.717) is 12.4 Å². The molecule has 6 nitrogen and oxygen atoms in total. The van der Waals surface area contributed by atoms with E-state index < -0.39 is 0 Å². The van der Waals surface area contributed by atoms with Crippen LogP contribution in [-0.2, 0) is 13.0 Å². The zero-order valence-corrected chi connectivity index (χ0v) is 11.5. The summed E-state index contributed by atoms with van der Waals surface area (Å²) in [5.74, 6) is 3.88. The average Bonchev–Trinajstić information content (AvgIpc) is 2.82. The third kappa shape index (κ3) is 3.67. The van der Waals surface area contributed by atoms with Crippen LogP contribution in [0.3, 0.4) is 0 Å². The lowest BCUT2D eigenvalue weighted by Crippen LogP contribution is -2.08. The smallest absolute Gasteiger partial charge is 0.213 e. The summed E-state index contributed by atoms with van der Waals surface area (Å²) >= 11 is 0. The molecule has 0 saturated carbocycles. The van der Waals surface area contributed by atoms with E-state index in [1.165, 1.54) is 0 Å². The Labute approximate surface area is 112 Å². The molecule has 0 bridgehead atoms. The summed E-state index contributed by atoms with van der Waals surface area (Å²) in [6.45, 7) is 7.29. The van der Waals surface area contributed by atoms with Crippen LogP contribution < -0.4 is 10.6 Å². The second kappa shape index (κ2) is 6.17. The van der Waals surface area contributed by atoms with Gasteiger partial charge in [-0.1, -0.05) is 6.92 Å². The highest BCUT2D eigenvalue weighted by Crippen LogP contribution is 2.13. The van der Waals surface area contributed by atoms with Gasteiger partial charge in [-0.3, -0.25) is 0 Å². The Hall–Kier alpha value is -2.11. The summed E-state index contributed by atoms with van der Waals surface area (Å²) in [5, 5.41) is 6.40. The minimum atomic E-state index is 0.513. The van der Waals surface area contributed by atoms with E-state index in [9.17, 15) is 0 Å². The van der Waals surface area contributed by atoms with Crippen LogP contribution in [0.5, 0.6) is 0 Å². The molecule has 2 N–H and O–H groups in total. The summed E-state index contributed by atoms with van der Waals surface area (Å²) in [6, 6.07) is 1.89. The van der Waals surface area contributed by atoms with Crippen molar-refractivity contribution in [3.05, 3.63) is 29.7 Å². The quantitative estimate of drug-likeness (QED) is 0.831. The summed E-state index contributed by atoms with van der Waals surface area (Å²) < 4.78 is 5.41. The highest BCUT2D eigenvalue weighted by atomic mass is 16.4. The normalized spacial score (nSPS) is 10.5. The number of aryl methyl sites for hydroxylation is 2. The van der Waals surface area contributed by atoms with Gasteiger partial charge in [0.1, 0.15) is 23.2 Å². The fourth-order valence-electron chi connectivity index (χ4n) is 1.67. The van der Waals surface area contributed by atoms with Gasteiger partial charge in [0, 0.05) is 19.0 Å². The maximum absolute atomic E-state index is 5.41. The minimum absolute atomic E-state index is 0.513. The molecule has 19 heavy (non-hydrogen) atoms. The van der Waals surface area contributed by atoms with Crippen LogP contribution in [-0.4, -0.2) is 21.5 Å². The molecule has 0 atom stereocenters. The van der Waals surface area contributed by atoms with E-state index in [0.717, 1.165) is 36.2 Å². The van der Waals surface area contributed by atoms with Crippen molar-refractivity contribution in [1.29, 1.82) is 0 Å². The number of hydrogen-bond acceptors (Lipinski definition) is 6. The molecule has 0 amide bonds. The first kappa shape index (κ1) is 13.3. The van der Waals surface area contributed by atoms with E-state index >= 15 is 0 Å². The monoisotopic (exact) mass is 261 g/mol. The third-order valence-electron chi connectivity index (χ3n) is 2.54. The second-order valence-corrected chi connectivity index (χ2v) is 4.16. The predicted octanol–water partition coefficient (Wildman–Crippen LogP) is 2.38. The molecule has 0 unspecified atom stereocenters. The standard InChI is InChI=1S/C13H19N5O/c1-4-10-17-11(14-5-2)6-12(18-10)15-8-13-16-7-9(3)19-13/h6-7H,4-5,8H2,1-3H3,(H2,14,15,17,18). The molecule has 0 aliphatic rings. The maximum atomic E-state index is 5.41. The Morgan fingerprint density at radius 2 is 1.89 bits per heavy atom. The zero-order valence-electron chi connectivity index (χ0n) is 11.5. The van der Waals surface area contributed by atoms with Crippen LogP contribution in [0.4, 0.5) is 11.6 Å². The van der Waals surface area contributed by atoms with Crippen LogP contribution in [0.1, 0.15) is 31.3 Å². The summed E-state index contributed by atoms with van der Waals surface area (Å²) in [7, 11) is 0. The van der Waals surface area contributed by atoms with Crippen molar-refractivity contribution < 1.29 is 4.42 Å². The van der Waals surface area contributed by atoms with E-state index in [1.54, 1.807) is 6.20 Å². The number of nitrogens with one attached hydrogen (secondary N) is 2. The lowest BCUT2D eigenvalue weighted by Gasteiger charge is -2.08. The van der Waals surface area contributed by atoms with Gasteiger partial charge in [0.25, 0.3) is 0 Å². The van der Waals surface area contributed by atoms with Gasteiger partial charge >= 0.3 is 0 Å². The summed E-state index contributed by atoms with van der Waals surface area (Å²) in [5.41, 5.74) is 0. The SMILES string of the molecule is CCNc1cc(NCc2ncc(C)o2)nc(CC)n1. The van der Waals surface area contributed by atoms with Crippen LogP contribution in [0.2, 0.25) is 0 Å². The molecule has 0 fully saturated rings. The van der Waals surface area contributed by atoms with Crippen LogP contribution in [0.15, 0.2) is 16.7 Å². The Balaban J connectivity index is 2.08.